The Balaban J connectivity index is 0.000000150. The van der Waals surface area contributed by atoms with E-state index in [1.807, 2.05) is 152 Å². The predicted octanol–water partition coefficient (Wildman–Crippen LogP) is 14.7. The van der Waals surface area contributed by atoms with E-state index in [2.05, 4.69) is 13.0 Å². The SMILES string of the molecule is CCC(C)(C)C(=O)OC1(C)CCOC(=O)C1.CCC(C)(C)C(=O)OC12CC3CC(CC(OC(=O)C4CCOC4=O)(C3)C1)C2.CCC(C)(C)C(=O)OC1C2CC3C(=O)OC1C3C2.CCC(C)(C)C(=O)OC1C2CC3C(=O)OC1C3O2.CCC(C)(C)C(=O)OC1C2CC3C1OC(=O)C3(C#N)C2.CCC(C)(C)C(=O)OC1C2CC3C1OC(=O)C3C2C.CCC(C)(C)C(=O)OC1CCOC1=O.CCC(C)(C)C(=O)OC1COC(=O)C1. The number of nitriles is 1. The van der Waals surface area contributed by atoms with Crippen LogP contribution >= 0.6 is 0 Å². The quantitative estimate of drug-likeness (QED) is 0.0441. The van der Waals surface area contributed by atoms with Crippen LogP contribution in [0.4, 0.5) is 0 Å². The zero-order valence-corrected chi connectivity index (χ0v) is 90.7. The molecular formula is C110H161NO35. The van der Waals surface area contributed by atoms with E-state index in [4.69, 9.17) is 85.3 Å². The molecule has 0 amide bonds. The molecule has 0 aromatic rings. The molecule has 0 aromatic carbocycles. The molecule has 10 heterocycles. The summed E-state index contributed by atoms with van der Waals surface area (Å²) >= 11 is 0. The maximum atomic E-state index is 12.8. The molecule has 20 aliphatic rings. The first kappa shape index (κ1) is 115. The number of ether oxygens (including phenoxy) is 18. The van der Waals surface area contributed by atoms with Crippen molar-refractivity contribution in [2.75, 3.05) is 26.4 Å². The molecular weight excluding hydrogens is 1900 g/mol. The third-order valence-corrected chi connectivity index (χ3v) is 36.2. The van der Waals surface area contributed by atoms with Gasteiger partial charge in [0.05, 0.1) is 106 Å². The van der Waals surface area contributed by atoms with Gasteiger partial charge in [0.15, 0.2) is 23.5 Å². The lowest BCUT2D eigenvalue weighted by atomic mass is 9.52. The summed E-state index contributed by atoms with van der Waals surface area (Å²) in [6.07, 6.45) is 13.3. The van der Waals surface area contributed by atoms with E-state index < -0.39 is 120 Å². The van der Waals surface area contributed by atoms with Crippen molar-refractivity contribution in [3.63, 3.8) is 0 Å². The van der Waals surface area contributed by atoms with Crippen LogP contribution in [0.1, 0.15) is 341 Å². The molecule has 10 aliphatic heterocycles. The number of carbonyl (C=O) groups is 17. The fourth-order valence-corrected chi connectivity index (χ4v) is 23.2. The minimum atomic E-state index is -0.974. The minimum absolute atomic E-state index is 0.0455. The Kier molecular flexibility index (Phi) is 34.5. The number of hydrogen-bond acceptors (Lipinski definition) is 36. The van der Waals surface area contributed by atoms with Gasteiger partial charge in [-0.15, -0.1) is 0 Å². The lowest BCUT2D eigenvalue weighted by Gasteiger charge is -2.60. The van der Waals surface area contributed by atoms with Crippen LogP contribution < -0.4 is 0 Å². The van der Waals surface area contributed by atoms with Crippen LogP contribution in [0.15, 0.2) is 0 Å². The van der Waals surface area contributed by atoms with Gasteiger partial charge >= 0.3 is 101 Å². The average Bonchev–Trinajstić information content (AvgIpc) is 1.15. The zero-order valence-electron chi connectivity index (χ0n) is 90.7. The number of carbonyl (C=O) groups excluding carboxylic acids is 17. The molecule has 10 saturated heterocycles. The van der Waals surface area contributed by atoms with Crippen LogP contribution in [0.5, 0.6) is 0 Å². The van der Waals surface area contributed by atoms with Crippen molar-refractivity contribution in [1.82, 2.24) is 0 Å². The van der Waals surface area contributed by atoms with Crippen molar-refractivity contribution in [2.45, 2.75) is 431 Å². The maximum absolute atomic E-state index is 12.8. The van der Waals surface area contributed by atoms with Crippen LogP contribution in [0.25, 0.3) is 0 Å². The van der Waals surface area contributed by atoms with Gasteiger partial charge in [-0.05, 0) is 257 Å². The maximum Gasteiger partial charge on any atom is 0.347 e. The minimum Gasteiger partial charge on any atom is -0.465 e. The van der Waals surface area contributed by atoms with Gasteiger partial charge < -0.3 is 85.3 Å². The first-order valence-corrected chi connectivity index (χ1v) is 53.5. The molecule has 10 aliphatic carbocycles. The van der Waals surface area contributed by atoms with Gasteiger partial charge in [0.2, 0.25) is 6.10 Å². The van der Waals surface area contributed by atoms with Crippen molar-refractivity contribution in [3.05, 3.63) is 0 Å². The Morgan fingerprint density at radius 2 is 0.856 bits per heavy atom. The van der Waals surface area contributed by atoms with Crippen molar-refractivity contribution in [2.24, 2.45) is 126 Å². The summed E-state index contributed by atoms with van der Waals surface area (Å²) in [7, 11) is 0. The zero-order chi connectivity index (χ0) is 108. The summed E-state index contributed by atoms with van der Waals surface area (Å²) in [6, 6.07) is 2.15. The topological polar surface area (TPSA) is 480 Å². The van der Waals surface area contributed by atoms with Gasteiger partial charge in [-0.2, -0.15) is 5.26 Å². The van der Waals surface area contributed by atoms with Crippen LogP contribution in [0, 0.1) is 137 Å². The Hall–Kier alpha value is -9.56. The second-order valence-corrected chi connectivity index (χ2v) is 49.7. The molecule has 146 heavy (non-hydrogen) atoms. The Morgan fingerprint density at radius 1 is 0.397 bits per heavy atom. The monoisotopic (exact) mass is 2060 g/mol. The molecule has 20 rings (SSSR count). The molecule has 0 spiro atoms. The van der Waals surface area contributed by atoms with Crippen LogP contribution in [-0.2, 0) is 167 Å². The molecule has 20 fully saturated rings. The Labute approximate surface area is 858 Å². The Morgan fingerprint density at radius 3 is 1.35 bits per heavy atom. The van der Waals surface area contributed by atoms with Crippen molar-refractivity contribution < 1.29 is 167 Å². The number of esters is 17. The number of fused-ring (bicyclic) bond motifs is 4. The third-order valence-electron chi connectivity index (χ3n) is 36.2. The second kappa shape index (κ2) is 43.8. The lowest BCUT2D eigenvalue weighted by molar-refractivity contribution is -0.236. The standard InChI is InChI=1S/C21H30O6.C15H19NO4.C15H22O4.C14H20O4.C13H18O5.C12H20O4.2C10H16O4/c1-4-19(2,3)18(24)27-21-10-13-7-14(11-21)9-20(8-13,12-21)26-17(23)15-5-6-25-16(15)22;1-4-14(2,3)12(17)19-10-8-5-9-11(10)20-13(18)15(9,6-8)7-16;1-5-15(3,4)14(17)19-11-8-6-9-10(7(8)2)13(16)18-12(9)11;1-4-14(2,3)13(16)18-10-7-5-8-9(6-7)12(15)17-11(8)10;1-4-13(2,3)12(15)18-9-7-5-6-8(16-7)10(9)17-11(6)14;1-5-11(2,3)10(14)16-12(4)6-7-15-9(13)8-12;1-4-10(2,3)9(12)14-7-5-8(11)13-6-7;1-4-10(2,3)9(12)14-7-5-6-13-8(7)11/h13-15H,4-12H2,1-3H3;8-11H,4-6H2,1-3H3;7-12H,5-6H2,1-4H3;7-11H,4-6H2,1-3H3;6-10H,4-5H2,1-3H3;5-8H2,1-4H3;2*7H,4-6H2,1-3H3. The highest BCUT2D eigenvalue weighted by atomic mass is 16.7. The van der Waals surface area contributed by atoms with E-state index in [1.54, 1.807) is 20.8 Å². The van der Waals surface area contributed by atoms with Crippen LogP contribution in [0.3, 0.4) is 0 Å². The molecule has 0 aromatic heterocycles. The summed E-state index contributed by atoms with van der Waals surface area (Å²) in [5.41, 5.74) is -6.76. The highest BCUT2D eigenvalue weighted by Gasteiger charge is 2.74. The van der Waals surface area contributed by atoms with Crippen molar-refractivity contribution in [1.29, 1.82) is 5.26 Å². The van der Waals surface area contributed by atoms with E-state index in [0.29, 0.717) is 113 Å². The summed E-state index contributed by atoms with van der Waals surface area (Å²) in [5, 5.41) is 9.31. The smallest absolute Gasteiger partial charge is 0.347 e. The molecule has 0 radical (unpaired) electrons. The van der Waals surface area contributed by atoms with Gasteiger partial charge in [-0.1, -0.05) is 62.3 Å². The molecule has 816 valence electrons. The second-order valence-electron chi connectivity index (χ2n) is 49.7. The number of rotatable bonds is 26. The molecule has 27 unspecified atom stereocenters. The summed E-state index contributed by atoms with van der Waals surface area (Å²) in [5.74, 6) is -3.13. The molecule has 36 heteroatoms. The summed E-state index contributed by atoms with van der Waals surface area (Å²) in [4.78, 5) is 201. The van der Waals surface area contributed by atoms with E-state index in [9.17, 15) is 86.8 Å². The molecule has 36 nitrogen and oxygen atoms in total. The fourth-order valence-electron chi connectivity index (χ4n) is 23.2. The lowest BCUT2D eigenvalue weighted by Crippen LogP contribution is -2.62. The van der Waals surface area contributed by atoms with E-state index in [1.165, 1.54) is 0 Å². The highest BCUT2D eigenvalue weighted by Crippen LogP contribution is 2.65. The van der Waals surface area contributed by atoms with Crippen LogP contribution in [0.2, 0.25) is 0 Å². The normalized spacial score (nSPS) is 35.9. The molecule has 27 atom stereocenters. The van der Waals surface area contributed by atoms with Gasteiger partial charge in [-0.3, -0.25) is 76.7 Å². The van der Waals surface area contributed by atoms with E-state index >= 15 is 0 Å². The molecule has 12 bridgehead atoms. The van der Waals surface area contributed by atoms with E-state index in [0.717, 1.165) is 77.0 Å². The first-order valence-electron chi connectivity index (χ1n) is 53.5. The van der Waals surface area contributed by atoms with Gasteiger partial charge in [-0.25, -0.2) is 4.79 Å². The number of hydrogen-bond donors (Lipinski definition) is 0. The number of cyclic esters (lactones) is 4. The fraction of sp³-hybridized carbons (Fsp3) is 0.836. The summed E-state index contributed by atoms with van der Waals surface area (Å²) < 4.78 is 96.7. The first-order chi connectivity index (χ1) is 68.0. The average molecular weight is 2060 g/mol. The Bertz CT molecular complexity index is 4900. The number of nitrogens with zero attached hydrogens (tertiary/aromatic N) is 1. The van der Waals surface area contributed by atoms with Crippen molar-refractivity contribution >= 4 is 101 Å². The van der Waals surface area contributed by atoms with Gasteiger partial charge in [0, 0.05) is 61.2 Å². The largest absolute Gasteiger partial charge is 0.465 e. The molecule has 10 saturated carbocycles. The van der Waals surface area contributed by atoms with Crippen molar-refractivity contribution in [3.8, 4) is 6.07 Å². The molecule has 0 N–H and O–H groups in total. The summed E-state index contributed by atoms with van der Waals surface area (Å²) in [6.45, 7) is 50.4. The predicted molar refractivity (Wildman–Crippen MR) is 514 cm³/mol. The highest BCUT2D eigenvalue weighted by molar-refractivity contribution is 5.96. The van der Waals surface area contributed by atoms with E-state index in [-0.39, 0.29) is 194 Å². The third kappa shape index (κ3) is 23.9. The van der Waals surface area contributed by atoms with Gasteiger partial charge in [0.25, 0.3) is 0 Å². The van der Waals surface area contributed by atoms with Gasteiger partial charge in [0.1, 0.15) is 72.2 Å². The van der Waals surface area contributed by atoms with Crippen LogP contribution in [-0.4, -0.2) is 218 Å².